The second-order valence-corrected chi connectivity index (χ2v) is 7.36. The summed E-state index contributed by atoms with van der Waals surface area (Å²) in [4.78, 5) is 16.4. The highest BCUT2D eigenvalue weighted by Crippen LogP contribution is 2.41. The minimum absolute atomic E-state index is 0.207. The van der Waals surface area contributed by atoms with Crippen molar-refractivity contribution in [3.05, 3.63) is 120 Å². The first kappa shape index (κ1) is 21.5. The van der Waals surface area contributed by atoms with Crippen LogP contribution < -0.4 is 0 Å². The topological polar surface area (TPSA) is 77.2 Å². The number of aliphatic hydroxyl groups is 1. The minimum atomic E-state index is -1.17. The summed E-state index contributed by atoms with van der Waals surface area (Å²) in [5.41, 5.74) is 1.94. The highest BCUT2D eigenvalue weighted by molar-refractivity contribution is 5.70. The lowest BCUT2D eigenvalue weighted by Gasteiger charge is -2.37. The molecule has 0 bridgehead atoms. The van der Waals surface area contributed by atoms with Crippen LogP contribution in [0.4, 0.5) is 0 Å². The normalized spacial score (nSPS) is 12.3. The number of hydrogen-bond donors (Lipinski definition) is 1. The van der Waals surface area contributed by atoms with Crippen LogP contribution in [-0.2, 0) is 15.1 Å². The molecule has 0 radical (unpaired) electrons. The van der Waals surface area contributed by atoms with Crippen molar-refractivity contribution in [3.63, 3.8) is 0 Å². The molecule has 1 atom stereocenters. The third-order valence-corrected chi connectivity index (χ3v) is 5.43. The number of aliphatic hydroxyl groups excluding tert-OH is 1. The van der Waals surface area contributed by atoms with E-state index in [1.54, 1.807) is 11.6 Å². The molecule has 0 aliphatic heterocycles. The van der Waals surface area contributed by atoms with Crippen LogP contribution in [0.5, 0.6) is 0 Å². The fourth-order valence-corrected chi connectivity index (χ4v) is 4.11. The van der Waals surface area contributed by atoms with E-state index in [0.717, 1.165) is 16.7 Å². The van der Waals surface area contributed by atoms with Crippen molar-refractivity contribution in [1.29, 1.82) is 0 Å². The van der Waals surface area contributed by atoms with Crippen LogP contribution in [0.15, 0.2) is 97.3 Å². The van der Waals surface area contributed by atoms with Crippen LogP contribution in [-0.4, -0.2) is 32.4 Å². The lowest BCUT2D eigenvalue weighted by Crippen LogP contribution is -2.40. The van der Waals surface area contributed by atoms with Crippen LogP contribution >= 0.6 is 0 Å². The van der Waals surface area contributed by atoms with Gasteiger partial charge in [0.05, 0.1) is 13.0 Å². The molecule has 6 heteroatoms. The van der Waals surface area contributed by atoms with Crippen LogP contribution in [0.1, 0.15) is 42.0 Å². The zero-order chi connectivity index (χ0) is 22.4. The number of hydrogen-bond acceptors (Lipinski definition) is 5. The highest BCUT2D eigenvalue weighted by atomic mass is 16.5. The first-order valence-corrected chi connectivity index (χ1v) is 10.6. The first-order chi connectivity index (χ1) is 15.7. The van der Waals surface area contributed by atoms with E-state index in [2.05, 4.69) is 10.1 Å². The molecule has 0 saturated heterocycles. The molecule has 1 unspecified atom stereocenters. The molecule has 0 fully saturated rings. The van der Waals surface area contributed by atoms with Crippen molar-refractivity contribution < 1.29 is 14.6 Å². The third kappa shape index (κ3) is 3.92. The van der Waals surface area contributed by atoms with E-state index in [4.69, 9.17) is 4.74 Å². The number of benzene rings is 3. The van der Waals surface area contributed by atoms with Crippen LogP contribution in [0, 0.1) is 0 Å². The largest absolute Gasteiger partial charge is 0.466 e. The zero-order valence-electron chi connectivity index (χ0n) is 17.8. The smallest absolute Gasteiger partial charge is 0.308 e. The Morgan fingerprint density at radius 2 is 1.38 bits per heavy atom. The van der Waals surface area contributed by atoms with E-state index in [9.17, 15) is 9.90 Å². The molecule has 0 aliphatic carbocycles. The van der Waals surface area contributed by atoms with Crippen molar-refractivity contribution >= 4 is 5.97 Å². The van der Waals surface area contributed by atoms with Gasteiger partial charge in [-0.25, -0.2) is 9.67 Å². The van der Waals surface area contributed by atoms with E-state index >= 15 is 0 Å². The molecule has 1 heterocycles. The quantitative estimate of drug-likeness (QED) is 0.338. The molecule has 6 nitrogen and oxygen atoms in total. The average Bonchev–Trinajstić information content (AvgIpc) is 3.32. The van der Waals surface area contributed by atoms with Gasteiger partial charge in [0.15, 0.2) is 5.82 Å². The molecule has 3 aromatic carbocycles. The Morgan fingerprint density at radius 1 is 0.906 bits per heavy atom. The van der Waals surface area contributed by atoms with Gasteiger partial charge in [0.2, 0.25) is 0 Å². The van der Waals surface area contributed by atoms with Gasteiger partial charge < -0.3 is 9.84 Å². The van der Waals surface area contributed by atoms with Crippen molar-refractivity contribution in [2.24, 2.45) is 0 Å². The van der Waals surface area contributed by atoms with Crippen molar-refractivity contribution in [2.45, 2.75) is 25.0 Å². The lowest BCUT2D eigenvalue weighted by molar-refractivity contribution is -0.145. The Labute approximate surface area is 187 Å². The Hall–Kier alpha value is -3.77. The first-order valence-electron chi connectivity index (χ1n) is 10.6. The molecule has 0 amide bonds. The minimum Gasteiger partial charge on any atom is -0.466 e. The van der Waals surface area contributed by atoms with E-state index in [1.165, 1.54) is 6.33 Å². The van der Waals surface area contributed by atoms with Crippen LogP contribution in [0.25, 0.3) is 0 Å². The molecule has 0 aliphatic rings. The molecular formula is C26H25N3O3. The fraction of sp³-hybridized carbons (Fsp3) is 0.192. The van der Waals surface area contributed by atoms with Gasteiger partial charge in [0.25, 0.3) is 0 Å². The van der Waals surface area contributed by atoms with Crippen molar-refractivity contribution in [3.8, 4) is 0 Å². The number of aromatic nitrogens is 3. The molecule has 162 valence electrons. The summed E-state index contributed by atoms with van der Waals surface area (Å²) in [7, 11) is 0. The average molecular weight is 428 g/mol. The molecule has 0 saturated carbocycles. The summed E-state index contributed by atoms with van der Waals surface area (Å²) >= 11 is 0. The third-order valence-electron chi connectivity index (χ3n) is 5.43. The zero-order valence-corrected chi connectivity index (χ0v) is 17.8. The summed E-state index contributed by atoms with van der Waals surface area (Å²) in [6, 6.07) is 29.9. The monoisotopic (exact) mass is 427 g/mol. The van der Waals surface area contributed by atoms with Gasteiger partial charge in [-0.2, -0.15) is 5.10 Å². The number of carbonyl (C=O) groups is 1. The number of ether oxygens (including phenoxy) is 1. The maximum Gasteiger partial charge on any atom is 0.308 e. The van der Waals surface area contributed by atoms with Crippen molar-refractivity contribution in [2.75, 3.05) is 6.61 Å². The van der Waals surface area contributed by atoms with E-state index in [0.29, 0.717) is 0 Å². The summed E-state index contributed by atoms with van der Waals surface area (Å²) < 4.78 is 6.75. The summed E-state index contributed by atoms with van der Waals surface area (Å²) in [6.07, 6.45) is 0.0286. The molecule has 1 N–H and O–H groups in total. The summed E-state index contributed by atoms with van der Waals surface area (Å²) in [5, 5.41) is 15.6. The number of nitrogens with zero attached hydrogens (tertiary/aromatic N) is 3. The summed E-state index contributed by atoms with van der Waals surface area (Å²) in [6.45, 7) is 1.98. The lowest BCUT2D eigenvalue weighted by atomic mass is 9.77. The maximum absolute atomic E-state index is 12.1. The predicted molar refractivity (Wildman–Crippen MR) is 121 cm³/mol. The number of esters is 1. The predicted octanol–water partition coefficient (Wildman–Crippen LogP) is 4.10. The number of rotatable bonds is 8. The van der Waals surface area contributed by atoms with Gasteiger partial charge in [0, 0.05) is 0 Å². The Kier molecular flexibility index (Phi) is 6.42. The standard InChI is InChI=1S/C26H25N3O3/c1-2-32-24(31)18-23(30)25-27-19-28-29(25)26(20-12-6-3-7-13-20,21-14-8-4-9-15-21)22-16-10-5-11-17-22/h3-17,19,23,30H,2,18H2,1H3. The Bertz CT molecular complexity index is 1050. The highest BCUT2D eigenvalue weighted by Gasteiger charge is 2.42. The molecule has 0 spiro atoms. The van der Waals surface area contributed by atoms with Crippen molar-refractivity contribution in [1.82, 2.24) is 14.8 Å². The van der Waals surface area contributed by atoms with E-state index < -0.39 is 17.6 Å². The molecule has 4 aromatic rings. The second kappa shape index (κ2) is 9.58. The van der Waals surface area contributed by atoms with E-state index in [1.807, 2.05) is 91.0 Å². The summed E-state index contributed by atoms with van der Waals surface area (Å²) in [5.74, 6) is -0.200. The molecule has 1 aromatic heterocycles. The fourth-order valence-electron chi connectivity index (χ4n) is 4.11. The van der Waals surface area contributed by atoms with E-state index in [-0.39, 0.29) is 18.9 Å². The van der Waals surface area contributed by atoms with Gasteiger partial charge in [0.1, 0.15) is 18.0 Å². The van der Waals surface area contributed by atoms with Gasteiger partial charge >= 0.3 is 5.97 Å². The van der Waals surface area contributed by atoms with Crippen LogP contribution in [0.3, 0.4) is 0 Å². The molecule has 32 heavy (non-hydrogen) atoms. The van der Waals surface area contributed by atoms with Gasteiger partial charge in [-0.15, -0.1) is 0 Å². The molecular weight excluding hydrogens is 402 g/mol. The Balaban J connectivity index is 1.99. The van der Waals surface area contributed by atoms with Crippen LogP contribution in [0.2, 0.25) is 0 Å². The van der Waals surface area contributed by atoms with Gasteiger partial charge in [-0.3, -0.25) is 4.79 Å². The maximum atomic E-state index is 12.1. The Morgan fingerprint density at radius 3 is 1.81 bits per heavy atom. The SMILES string of the molecule is CCOC(=O)CC(O)c1ncnn1C(c1ccccc1)(c1ccccc1)c1ccccc1. The molecule has 4 rings (SSSR count). The van der Waals surface area contributed by atoms with Gasteiger partial charge in [-0.1, -0.05) is 91.0 Å². The second-order valence-electron chi connectivity index (χ2n) is 7.36. The number of carbonyl (C=O) groups excluding carboxylic acids is 1. The van der Waals surface area contributed by atoms with Gasteiger partial charge in [-0.05, 0) is 23.6 Å².